The molecular weight excluding hydrogens is 436 g/mol. The fourth-order valence-corrected chi connectivity index (χ4v) is 4.48. The first-order chi connectivity index (χ1) is 16.9. The van der Waals surface area contributed by atoms with Gasteiger partial charge in [0.05, 0.1) is 12.2 Å². The standard InChI is InChI=1S/C29H28N4O2/c1-21-13-15-23(16-14-21)19-32-27(34)26-17-25(24-11-7-4-8-12-24)31-33(26)20-29(32,2)28(35)30-18-22-9-5-3-6-10-22/h3-17H,18-20H2,1-2H3,(H,30,35)/t29-/m0/s1. The van der Waals surface area contributed by atoms with Crippen molar-refractivity contribution in [2.45, 2.75) is 39.0 Å². The van der Waals surface area contributed by atoms with Crippen LogP contribution in [0.4, 0.5) is 0 Å². The lowest BCUT2D eigenvalue weighted by molar-refractivity contribution is -0.133. The van der Waals surface area contributed by atoms with Crippen molar-refractivity contribution in [2.75, 3.05) is 0 Å². The summed E-state index contributed by atoms with van der Waals surface area (Å²) in [6, 6.07) is 29.4. The lowest BCUT2D eigenvalue weighted by Crippen LogP contribution is -2.63. The summed E-state index contributed by atoms with van der Waals surface area (Å²) in [6.07, 6.45) is 0. The molecule has 1 aliphatic heterocycles. The molecule has 1 aromatic heterocycles. The van der Waals surface area contributed by atoms with E-state index >= 15 is 0 Å². The van der Waals surface area contributed by atoms with Crippen molar-refractivity contribution in [2.24, 2.45) is 0 Å². The van der Waals surface area contributed by atoms with Crippen LogP contribution in [-0.2, 0) is 24.4 Å². The van der Waals surface area contributed by atoms with E-state index in [1.165, 1.54) is 0 Å². The van der Waals surface area contributed by atoms with Gasteiger partial charge in [-0.3, -0.25) is 14.3 Å². The molecule has 0 spiro atoms. The predicted octanol–water partition coefficient (Wildman–Crippen LogP) is 4.59. The van der Waals surface area contributed by atoms with E-state index in [4.69, 9.17) is 5.10 Å². The van der Waals surface area contributed by atoms with Crippen LogP contribution in [0.3, 0.4) is 0 Å². The highest BCUT2D eigenvalue weighted by Crippen LogP contribution is 2.31. The highest BCUT2D eigenvalue weighted by Gasteiger charge is 2.47. The second-order valence-electron chi connectivity index (χ2n) is 9.26. The van der Waals surface area contributed by atoms with Gasteiger partial charge >= 0.3 is 0 Å². The van der Waals surface area contributed by atoms with E-state index in [0.717, 1.165) is 27.9 Å². The number of amides is 2. The fourth-order valence-electron chi connectivity index (χ4n) is 4.48. The van der Waals surface area contributed by atoms with Gasteiger partial charge < -0.3 is 10.2 Å². The fraction of sp³-hybridized carbons (Fsp3) is 0.207. The van der Waals surface area contributed by atoms with Crippen molar-refractivity contribution >= 4 is 11.8 Å². The van der Waals surface area contributed by atoms with E-state index in [1.807, 2.05) is 105 Å². The zero-order valence-corrected chi connectivity index (χ0v) is 19.9. The molecule has 0 radical (unpaired) electrons. The molecule has 1 atom stereocenters. The maximum absolute atomic E-state index is 13.8. The van der Waals surface area contributed by atoms with E-state index in [0.29, 0.717) is 18.8 Å². The molecule has 35 heavy (non-hydrogen) atoms. The smallest absolute Gasteiger partial charge is 0.273 e. The number of carbonyl (C=O) groups excluding carboxylic acids is 2. The van der Waals surface area contributed by atoms with E-state index in [1.54, 1.807) is 9.58 Å². The highest BCUT2D eigenvalue weighted by atomic mass is 16.2. The Morgan fingerprint density at radius 1 is 0.943 bits per heavy atom. The Balaban J connectivity index is 1.49. The van der Waals surface area contributed by atoms with E-state index in [-0.39, 0.29) is 18.4 Å². The third-order valence-corrected chi connectivity index (χ3v) is 6.61. The van der Waals surface area contributed by atoms with E-state index in [2.05, 4.69) is 5.32 Å². The van der Waals surface area contributed by atoms with Crippen molar-refractivity contribution in [1.82, 2.24) is 20.0 Å². The zero-order chi connectivity index (χ0) is 24.4. The Hall–Kier alpha value is -4.19. The van der Waals surface area contributed by atoms with E-state index < -0.39 is 5.54 Å². The Morgan fingerprint density at radius 2 is 1.60 bits per heavy atom. The number of fused-ring (bicyclic) bond motifs is 1. The summed E-state index contributed by atoms with van der Waals surface area (Å²) in [5.74, 6) is -0.409. The van der Waals surface area contributed by atoms with Crippen LogP contribution < -0.4 is 5.32 Å². The Kier molecular flexibility index (Phi) is 5.95. The Bertz CT molecular complexity index is 1350. The zero-order valence-electron chi connectivity index (χ0n) is 19.9. The average molecular weight is 465 g/mol. The molecule has 0 unspecified atom stereocenters. The number of rotatable bonds is 6. The van der Waals surface area contributed by atoms with Crippen LogP contribution in [0.2, 0.25) is 0 Å². The van der Waals surface area contributed by atoms with Gasteiger partial charge in [0, 0.05) is 18.7 Å². The Morgan fingerprint density at radius 3 is 2.29 bits per heavy atom. The van der Waals surface area contributed by atoms with Crippen LogP contribution in [0.5, 0.6) is 0 Å². The van der Waals surface area contributed by atoms with Crippen LogP contribution in [0.15, 0.2) is 91.0 Å². The van der Waals surface area contributed by atoms with Gasteiger partial charge in [-0.05, 0) is 31.0 Å². The van der Waals surface area contributed by atoms with Crippen LogP contribution >= 0.6 is 0 Å². The molecule has 6 heteroatoms. The summed E-state index contributed by atoms with van der Waals surface area (Å²) in [5.41, 5.74) is 4.16. The normalized spacial score (nSPS) is 17.2. The summed E-state index contributed by atoms with van der Waals surface area (Å²) in [7, 11) is 0. The monoisotopic (exact) mass is 464 g/mol. The molecule has 0 fully saturated rings. The number of carbonyl (C=O) groups is 2. The molecule has 6 nitrogen and oxygen atoms in total. The summed E-state index contributed by atoms with van der Waals surface area (Å²) in [6.45, 7) is 4.85. The molecule has 2 heterocycles. The number of nitrogens with one attached hydrogen (secondary N) is 1. The van der Waals surface area contributed by atoms with Crippen molar-refractivity contribution in [3.63, 3.8) is 0 Å². The maximum Gasteiger partial charge on any atom is 0.273 e. The van der Waals surface area contributed by atoms with Crippen molar-refractivity contribution in [3.8, 4) is 11.3 Å². The highest BCUT2D eigenvalue weighted by molar-refractivity contribution is 6.00. The van der Waals surface area contributed by atoms with Gasteiger partial charge in [-0.1, -0.05) is 90.5 Å². The minimum atomic E-state index is -1.11. The second kappa shape index (κ2) is 9.22. The largest absolute Gasteiger partial charge is 0.350 e. The SMILES string of the molecule is Cc1ccc(CN2C(=O)c3cc(-c4ccccc4)nn3C[C@@]2(C)C(=O)NCc2ccccc2)cc1. The predicted molar refractivity (Wildman–Crippen MR) is 135 cm³/mol. The van der Waals surface area contributed by atoms with Gasteiger partial charge in [-0.25, -0.2) is 0 Å². The van der Waals surface area contributed by atoms with Gasteiger partial charge in [-0.15, -0.1) is 0 Å². The summed E-state index contributed by atoms with van der Waals surface area (Å²) < 4.78 is 1.68. The first-order valence-electron chi connectivity index (χ1n) is 11.8. The topological polar surface area (TPSA) is 67.2 Å². The van der Waals surface area contributed by atoms with Crippen molar-refractivity contribution in [3.05, 3.63) is 113 Å². The van der Waals surface area contributed by atoms with Gasteiger partial charge in [0.1, 0.15) is 11.2 Å². The van der Waals surface area contributed by atoms with Crippen LogP contribution in [0, 0.1) is 6.92 Å². The maximum atomic E-state index is 13.8. The summed E-state index contributed by atoms with van der Waals surface area (Å²) in [5, 5.41) is 7.76. The molecule has 0 saturated heterocycles. The van der Waals surface area contributed by atoms with Gasteiger partial charge in [0.2, 0.25) is 5.91 Å². The minimum absolute atomic E-state index is 0.204. The third kappa shape index (κ3) is 4.47. The molecule has 2 amide bonds. The quantitative estimate of drug-likeness (QED) is 0.454. The third-order valence-electron chi connectivity index (χ3n) is 6.61. The number of aryl methyl sites for hydroxylation is 1. The molecule has 1 N–H and O–H groups in total. The van der Waals surface area contributed by atoms with Crippen LogP contribution in [0.1, 0.15) is 34.1 Å². The lowest BCUT2D eigenvalue weighted by Gasteiger charge is -2.43. The molecule has 0 aliphatic carbocycles. The van der Waals surface area contributed by atoms with Crippen LogP contribution in [0.25, 0.3) is 11.3 Å². The first-order valence-corrected chi connectivity index (χ1v) is 11.8. The van der Waals surface area contributed by atoms with Crippen LogP contribution in [-0.4, -0.2) is 32.0 Å². The number of benzene rings is 3. The molecular formula is C29H28N4O2. The first kappa shape index (κ1) is 22.6. The lowest BCUT2D eigenvalue weighted by atomic mass is 9.93. The Labute approximate surface area is 205 Å². The summed E-state index contributed by atoms with van der Waals surface area (Å²) in [4.78, 5) is 29.1. The second-order valence-corrected chi connectivity index (χ2v) is 9.26. The molecule has 1 aliphatic rings. The van der Waals surface area contributed by atoms with E-state index in [9.17, 15) is 9.59 Å². The molecule has 176 valence electrons. The average Bonchev–Trinajstić information content (AvgIpc) is 3.31. The number of hydrogen-bond acceptors (Lipinski definition) is 3. The number of aromatic nitrogens is 2. The summed E-state index contributed by atoms with van der Waals surface area (Å²) >= 11 is 0. The molecule has 0 saturated carbocycles. The van der Waals surface area contributed by atoms with Gasteiger partial charge in [-0.2, -0.15) is 5.10 Å². The molecule has 5 rings (SSSR count). The number of hydrogen-bond donors (Lipinski definition) is 1. The molecule has 0 bridgehead atoms. The van der Waals surface area contributed by atoms with Crippen molar-refractivity contribution < 1.29 is 9.59 Å². The van der Waals surface area contributed by atoms with Crippen molar-refractivity contribution in [1.29, 1.82) is 0 Å². The molecule has 3 aromatic carbocycles. The minimum Gasteiger partial charge on any atom is -0.350 e. The number of nitrogens with zero attached hydrogens (tertiary/aromatic N) is 3. The molecule has 4 aromatic rings. The van der Waals surface area contributed by atoms with Gasteiger partial charge in [0.15, 0.2) is 0 Å². The van der Waals surface area contributed by atoms with Gasteiger partial charge in [0.25, 0.3) is 5.91 Å².